The van der Waals surface area contributed by atoms with Crippen molar-refractivity contribution in [3.05, 3.63) is 29.3 Å². The third-order valence-corrected chi connectivity index (χ3v) is 1.77. The van der Waals surface area contributed by atoms with Gasteiger partial charge in [-0.15, -0.1) is 5.10 Å². The molecule has 0 atom stereocenters. The van der Waals surface area contributed by atoms with Gasteiger partial charge >= 0.3 is 6.01 Å². The molecule has 84 valence electrons. The Morgan fingerprint density at radius 1 is 1.00 bits per heavy atom. The van der Waals surface area contributed by atoms with Crippen LogP contribution in [0.5, 0.6) is 0 Å². The Labute approximate surface area is 85.7 Å². The minimum Gasteiger partial charge on any atom is -0.403 e. The minimum absolute atomic E-state index is 0.403. The van der Waals surface area contributed by atoms with E-state index in [1.807, 2.05) is 0 Å². The molecular weight excluding hydrogens is 230 g/mol. The second kappa shape index (κ2) is 3.47. The van der Waals surface area contributed by atoms with Gasteiger partial charge in [-0.2, -0.15) is 0 Å². The van der Waals surface area contributed by atoms with Crippen molar-refractivity contribution in [3.8, 4) is 11.5 Å². The highest BCUT2D eigenvalue weighted by Crippen LogP contribution is 2.27. The quantitative estimate of drug-likeness (QED) is 0.464. The van der Waals surface area contributed by atoms with Gasteiger partial charge in [0, 0.05) is 0 Å². The van der Waals surface area contributed by atoms with Crippen molar-refractivity contribution < 1.29 is 22.0 Å². The predicted molar refractivity (Wildman–Crippen MR) is 44.0 cm³/mol. The molecule has 16 heavy (non-hydrogen) atoms. The van der Waals surface area contributed by atoms with E-state index in [0.29, 0.717) is 6.07 Å². The van der Waals surface area contributed by atoms with E-state index in [1.165, 1.54) is 0 Å². The Kier molecular flexibility index (Phi) is 2.26. The minimum atomic E-state index is -1.95. The molecule has 0 saturated carbocycles. The molecule has 1 heterocycles. The molecular formula is C8H3F4N3O. The van der Waals surface area contributed by atoms with E-state index in [0.717, 1.165) is 0 Å². The first-order valence-electron chi connectivity index (χ1n) is 3.93. The Bertz CT molecular complexity index is 554. The number of benzene rings is 1. The number of rotatable bonds is 1. The largest absolute Gasteiger partial charge is 0.403 e. The van der Waals surface area contributed by atoms with Crippen LogP contribution >= 0.6 is 0 Å². The number of halogens is 4. The van der Waals surface area contributed by atoms with Crippen LogP contribution in [-0.2, 0) is 0 Å². The lowest BCUT2D eigenvalue weighted by molar-refractivity contribution is 0.409. The molecule has 0 aliphatic rings. The van der Waals surface area contributed by atoms with Gasteiger partial charge in [-0.05, 0) is 6.07 Å². The topological polar surface area (TPSA) is 64.9 Å². The molecule has 0 fully saturated rings. The molecule has 0 amide bonds. The number of nitrogens with zero attached hydrogens (tertiary/aromatic N) is 2. The van der Waals surface area contributed by atoms with E-state index in [9.17, 15) is 17.6 Å². The molecule has 4 nitrogen and oxygen atoms in total. The molecule has 2 N–H and O–H groups in total. The van der Waals surface area contributed by atoms with Crippen LogP contribution in [0.2, 0.25) is 0 Å². The average Bonchev–Trinajstić information content (AvgIpc) is 2.67. The summed E-state index contributed by atoms with van der Waals surface area (Å²) in [5.41, 5.74) is 4.35. The third-order valence-electron chi connectivity index (χ3n) is 1.77. The van der Waals surface area contributed by atoms with Gasteiger partial charge in [-0.25, -0.2) is 17.6 Å². The van der Waals surface area contributed by atoms with Gasteiger partial charge in [0.1, 0.15) is 0 Å². The lowest BCUT2D eigenvalue weighted by Gasteiger charge is -2.01. The molecule has 0 aliphatic heterocycles. The molecule has 8 heteroatoms. The van der Waals surface area contributed by atoms with Crippen molar-refractivity contribution in [2.24, 2.45) is 0 Å². The van der Waals surface area contributed by atoms with Crippen molar-refractivity contribution in [1.82, 2.24) is 10.2 Å². The normalized spacial score (nSPS) is 10.8. The number of hydrogen-bond donors (Lipinski definition) is 1. The molecule has 0 unspecified atom stereocenters. The number of nitrogens with two attached hydrogens (primary N) is 1. The van der Waals surface area contributed by atoms with Crippen molar-refractivity contribution >= 4 is 6.01 Å². The maximum absolute atomic E-state index is 13.2. The first-order chi connectivity index (χ1) is 7.50. The van der Waals surface area contributed by atoms with E-state index in [-0.39, 0.29) is 0 Å². The van der Waals surface area contributed by atoms with Crippen LogP contribution < -0.4 is 5.73 Å². The van der Waals surface area contributed by atoms with Crippen LogP contribution in [0, 0.1) is 23.3 Å². The summed E-state index contributed by atoms with van der Waals surface area (Å²) in [5, 5.41) is 6.39. The molecule has 0 bridgehead atoms. The maximum Gasteiger partial charge on any atom is 0.313 e. The number of aromatic nitrogens is 2. The van der Waals surface area contributed by atoms with Gasteiger partial charge in [0.05, 0.1) is 5.56 Å². The molecule has 1 aromatic heterocycles. The van der Waals surface area contributed by atoms with Crippen molar-refractivity contribution in [2.75, 3.05) is 5.73 Å². The predicted octanol–water partition coefficient (Wildman–Crippen LogP) is 1.88. The van der Waals surface area contributed by atoms with Crippen LogP contribution in [0.3, 0.4) is 0 Å². The van der Waals surface area contributed by atoms with Gasteiger partial charge in [0.25, 0.3) is 5.89 Å². The zero-order chi connectivity index (χ0) is 11.9. The van der Waals surface area contributed by atoms with E-state index in [4.69, 9.17) is 5.73 Å². The van der Waals surface area contributed by atoms with Crippen LogP contribution in [0.25, 0.3) is 11.5 Å². The van der Waals surface area contributed by atoms with Crippen molar-refractivity contribution in [1.29, 1.82) is 0 Å². The molecule has 2 aromatic rings. The molecule has 2 rings (SSSR count). The van der Waals surface area contributed by atoms with Gasteiger partial charge in [0.2, 0.25) is 0 Å². The fourth-order valence-electron chi connectivity index (χ4n) is 1.07. The summed E-state index contributed by atoms with van der Waals surface area (Å²) < 4.78 is 56.0. The van der Waals surface area contributed by atoms with Crippen LogP contribution in [0.1, 0.15) is 0 Å². The highest BCUT2D eigenvalue weighted by Gasteiger charge is 2.22. The summed E-state index contributed by atoms with van der Waals surface area (Å²) in [6.45, 7) is 0. The summed E-state index contributed by atoms with van der Waals surface area (Å²) >= 11 is 0. The Balaban J connectivity index is 2.66. The van der Waals surface area contributed by atoms with E-state index >= 15 is 0 Å². The summed E-state index contributed by atoms with van der Waals surface area (Å²) in [6, 6.07) is 0.000270. The molecule has 0 radical (unpaired) electrons. The van der Waals surface area contributed by atoms with Crippen LogP contribution in [0.4, 0.5) is 23.6 Å². The standard InChI is InChI=1S/C8H3F4N3O/c9-3-1-2(4(10)6(12)5(3)11)7-14-15-8(13)16-7/h1H,(H2,13,15). The third kappa shape index (κ3) is 1.47. The van der Waals surface area contributed by atoms with E-state index < -0.39 is 40.7 Å². The lowest BCUT2D eigenvalue weighted by atomic mass is 10.2. The highest BCUT2D eigenvalue weighted by molar-refractivity contribution is 5.54. The summed E-state index contributed by atoms with van der Waals surface area (Å²) in [6.07, 6.45) is 0. The van der Waals surface area contributed by atoms with Crippen molar-refractivity contribution in [2.45, 2.75) is 0 Å². The number of anilines is 1. The van der Waals surface area contributed by atoms with E-state index in [2.05, 4.69) is 14.6 Å². The smallest absolute Gasteiger partial charge is 0.313 e. The molecule has 0 spiro atoms. The Hall–Kier alpha value is -2.12. The second-order valence-corrected chi connectivity index (χ2v) is 2.79. The number of hydrogen-bond acceptors (Lipinski definition) is 4. The molecule has 1 aromatic carbocycles. The lowest BCUT2D eigenvalue weighted by Crippen LogP contribution is -1.98. The Morgan fingerprint density at radius 2 is 1.69 bits per heavy atom. The Morgan fingerprint density at radius 3 is 2.25 bits per heavy atom. The zero-order valence-electron chi connectivity index (χ0n) is 7.47. The summed E-state index contributed by atoms with van der Waals surface area (Å²) in [4.78, 5) is 0. The van der Waals surface area contributed by atoms with Gasteiger partial charge < -0.3 is 10.2 Å². The van der Waals surface area contributed by atoms with Gasteiger partial charge in [-0.3, -0.25) is 0 Å². The summed E-state index contributed by atoms with van der Waals surface area (Å²) in [5.74, 6) is -7.58. The molecule has 0 aliphatic carbocycles. The monoisotopic (exact) mass is 233 g/mol. The number of nitrogen functional groups attached to an aromatic ring is 1. The first-order valence-corrected chi connectivity index (χ1v) is 3.93. The highest BCUT2D eigenvalue weighted by atomic mass is 19.2. The first kappa shape index (κ1) is 10.4. The fraction of sp³-hybridized carbons (Fsp3) is 0. The van der Waals surface area contributed by atoms with E-state index in [1.54, 1.807) is 0 Å². The van der Waals surface area contributed by atoms with Crippen LogP contribution in [-0.4, -0.2) is 10.2 Å². The molecule has 0 saturated heterocycles. The zero-order valence-corrected chi connectivity index (χ0v) is 7.47. The second-order valence-electron chi connectivity index (χ2n) is 2.79. The van der Waals surface area contributed by atoms with Gasteiger partial charge in [0.15, 0.2) is 23.3 Å². The fourth-order valence-corrected chi connectivity index (χ4v) is 1.07. The average molecular weight is 233 g/mol. The summed E-state index contributed by atoms with van der Waals surface area (Å²) in [7, 11) is 0. The van der Waals surface area contributed by atoms with Crippen molar-refractivity contribution in [3.63, 3.8) is 0 Å². The van der Waals surface area contributed by atoms with Gasteiger partial charge in [-0.1, -0.05) is 5.10 Å². The maximum atomic E-state index is 13.2. The SMILES string of the molecule is Nc1nnc(-c2cc(F)c(F)c(F)c2F)o1. The van der Waals surface area contributed by atoms with Crippen LogP contribution in [0.15, 0.2) is 10.5 Å².